The van der Waals surface area contributed by atoms with Gasteiger partial charge in [-0.25, -0.2) is 0 Å². The summed E-state index contributed by atoms with van der Waals surface area (Å²) < 4.78 is 0. The number of aliphatic hydroxyl groups excluding tert-OH is 1. The van der Waals surface area contributed by atoms with Crippen LogP contribution in [0.4, 0.5) is 0 Å². The molecule has 4 rings (SSSR count). The van der Waals surface area contributed by atoms with Gasteiger partial charge >= 0.3 is 0 Å². The monoisotopic (exact) mass is 268 g/mol. The summed E-state index contributed by atoms with van der Waals surface area (Å²) in [6, 6.07) is 8.54. The Hall–Kier alpha value is -1.41. The van der Waals surface area contributed by atoms with Crippen molar-refractivity contribution in [2.45, 2.75) is 38.2 Å². The average Bonchev–Trinajstić information content (AvgIpc) is 2.69. The lowest BCUT2D eigenvalue weighted by atomic mass is 9.57. The van der Waals surface area contributed by atoms with E-state index in [1.165, 1.54) is 11.1 Å². The zero-order valence-corrected chi connectivity index (χ0v) is 11.8. The highest BCUT2D eigenvalue weighted by molar-refractivity contribution is 5.88. The Morgan fingerprint density at radius 2 is 2.10 bits per heavy atom. The second-order valence-corrected chi connectivity index (χ2v) is 6.85. The Bertz CT molecular complexity index is 603. The molecular weight excluding hydrogens is 248 g/mol. The Labute approximate surface area is 119 Å². The van der Waals surface area contributed by atoms with Crippen molar-refractivity contribution in [2.24, 2.45) is 17.3 Å². The number of Topliss-reactive ketones (excluding diaryl/α,β-unsaturated/α-hetero) is 1. The number of hydrogen-bond acceptors (Lipinski definition) is 2. The van der Waals surface area contributed by atoms with Crippen molar-refractivity contribution in [2.75, 3.05) is 0 Å². The van der Waals surface area contributed by atoms with Gasteiger partial charge in [0, 0.05) is 17.8 Å². The van der Waals surface area contributed by atoms with Gasteiger partial charge < -0.3 is 5.11 Å². The molecule has 0 bridgehead atoms. The molecule has 3 aliphatic rings. The van der Waals surface area contributed by atoms with Crippen LogP contribution in [0.25, 0.3) is 6.08 Å². The fourth-order valence-corrected chi connectivity index (χ4v) is 4.88. The van der Waals surface area contributed by atoms with Gasteiger partial charge in [-0.3, -0.25) is 4.79 Å². The highest BCUT2D eigenvalue weighted by atomic mass is 16.3. The maximum Gasteiger partial charge on any atom is 0.141 e. The van der Waals surface area contributed by atoms with Crippen molar-refractivity contribution in [3.8, 4) is 0 Å². The van der Waals surface area contributed by atoms with E-state index in [0.29, 0.717) is 18.3 Å². The Balaban J connectivity index is 1.80. The first-order chi connectivity index (χ1) is 9.61. The third-order valence-electron chi connectivity index (χ3n) is 5.93. The highest BCUT2D eigenvalue weighted by Crippen LogP contribution is 2.58. The molecular formula is C18H20O2. The van der Waals surface area contributed by atoms with Crippen LogP contribution in [0.5, 0.6) is 0 Å². The molecule has 1 unspecified atom stereocenters. The first kappa shape index (κ1) is 12.3. The molecule has 0 spiro atoms. The smallest absolute Gasteiger partial charge is 0.141 e. The number of allylic oxidation sites excluding steroid dienone is 1. The third-order valence-corrected chi connectivity index (χ3v) is 5.93. The fourth-order valence-electron chi connectivity index (χ4n) is 4.88. The number of carbonyl (C=O) groups excluding carboxylic acids is 1. The van der Waals surface area contributed by atoms with E-state index in [9.17, 15) is 9.90 Å². The van der Waals surface area contributed by atoms with E-state index in [-0.39, 0.29) is 17.1 Å². The van der Waals surface area contributed by atoms with Crippen molar-refractivity contribution in [3.05, 3.63) is 41.5 Å². The minimum Gasteiger partial charge on any atom is -0.392 e. The van der Waals surface area contributed by atoms with Gasteiger partial charge in [0.25, 0.3) is 0 Å². The topological polar surface area (TPSA) is 37.3 Å². The van der Waals surface area contributed by atoms with Crippen LogP contribution in [0.3, 0.4) is 0 Å². The third kappa shape index (κ3) is 1.46. The molecule has 0 amide bonds. The second-order valence-electron chi connectivity index (χ2n) is 6.85. The number of ketones is 1. The first-order valence-corrected chi connectivity index (χ1v) is 7.60. The lowest BCUT2D eigenvalue weighted by Gasteiger charge is -2.47. The van der Waals surface area contributed by atoms with Gasteiger partial charge in [0.2, 0.25) is 0 Å². The molecule has 3 aliphatic carbocycles. The minimum absolute atomic E-state index is 0.0957. The van der Waals surface area contributed by atoms with E-state index >= 15 is 0 Å². The van der Waals surface area contributed by atoms with Crippen LogP contribution in [-0.4, -0.2) is 17.0 Å². The van der Waals surface area contributed by atoms with Gasteiger partial charge in [0.15, 0.2) is 0 Å². The zero-order valence-electron chi connectivity index (χ0n) is 11.8. The van der Waals surface area contributed by atoms with E-state index in [1.54, 1.807) is 0 Å². The fraction of sp³-hybridized carbons (Fsp3) is 0.500. The molecule has 0 heterocycles. The molecule has 104 valence electrons. The lowest BCUT2D eigenvalue weighted by Crippen LogP contribution is -2.43. The number of fused-ring (bicyclic) bond motifs is 5. The van der Waals surface area contributed by atoms with Crippen LogP contribution in [0, 0.1) is 17.3 Å². The van der Waals surface area contributed by atoms with Crippen LogP contribution in [-0.2, 0) is 4.79 Å². The van der Waals surface area contributed by atoms with Gasteiger partial charge in [0.1, 0.15) is 5.78 Å². The second kappa shape index (κ2) is 4.05. The lowest BCUT2D eigenvalue weighted by molar-refractivity contribution is -0.128. The van der Waals surface area contributed by atoms with Crippen molar-refractivity contribution >= 4 is 11.9 Å². The van der Waals surface area contributed by atoms with Crippen LogP contribution < -0.4 is 0 Å². The molecule has 0 radical (unpaired) electrons. The molecule has 20 heavy (non-hydrogen) atoms. The molecule has 2 nitrogen and oxygen atoms in total. The van der Waals surface area contributed by atoms with Crippen LogP contribution in [0.15, 0.2) is 30.3 Å². The predicted molar refractivity (Wildman–Crippen MR) is 78.2 cm³/mol. The number of hydrogen-bond donors (Lipinski definition) is 1. The standard InChI is InChI=1S/C18H20O2/c1-18-9-8-13-12-5-3-2-4-11(12)6-7-14(13)17(18)15(19)10-16(18)20/h2-7,13-15,17,19H,8-10H2,1H3/t13-,14-,15?,17-,18-/m1/s1. The largest absolute Gasteiger partial charge is 0.392 e. The summed E-state index contributed by atoms with van der Waals surface area (Å²) in [5.41, 5.74) is 2.39. The number of benzene rings is 1. The SMILES string of the molecule is C[C@]12CC[C@@H]3c4ccccc4C=C[C@H]3[C@@H]1C(O)CC2=O. The Morgan fingerprint density at radius 1 is 1.30 bits per heavy atom. The zero-order chi connectivity index (χ0) is 13.9. The van der Waals surface area contributed by atoms with Crippen molar-refractivity contribution in [1.29, 1.82) is 0 Å². The normalized spacial score (nSPS) is 42.0. The Kier molecular flexibility index (Phi) is 2.50. The summed E-state index contributed by atoms with van der Waals surface area (Å²) in [5, 5.41) is 10.4. The summed E-state index contributed by atoms with van der Waals surface area (Å²) in [5.74, 6) is 1.14. The van der Waals surface area contributed by atoms with Gasteiger partial charge in [0.05, 0.1) is 6.10 Å². The average molecular weight is 268 g/mol. The summed E-state index contributed by atoms with van der Waals surface area (Å²) in [6.07, 6.45) is 6.28. The minimum atomic E-state index is -0.463. The first-order valence-electron chi connectivity index (χ1n) is 7.60. The van der Waals surface area contributed by atoms with E-state index in [2.05, 4.69) is 43.3 Å². The van der Waals surface area contributed by atoms with Crippen molar-refractivity contribution in [3.63, 3.8) is 0 Å². The number of rotatable bonds is 0. The maximum atomic E-state index is 12.3. The molecule has 2 heteroatoms. The van der Waals surface area contributed by atoms with E-state index in [4.69, 9.17) is 0 Å². The predicted octanol–water partition coefficient (Wildman–Crippen LogP) is 3.16. The number of aliphatic hydroxyl groups is 1. The molecule has 1 aromatic rings. The van der Waals surface area contributed by atoms with E-state index in [1.807, 2.05) is 0 Å². The van der Waals surface area contributed by atoms with Crippen molar-refractivity contribution < 1.29 is 9.90 Å². The number of carbonyl (C=O) groups is 1. The van der Waals surface area contributed by atoms with Gasteiger partial charge in [-0.2, -0.15) is 0 Å². The van der Waals surface area contributed by atoms with E-state index < -0.39 is 6.10 Å². The van der Waals surface area contributed by atoms with Gasteiger partial charge in [-0.05, 0) is 35.8 Å². The van der Waals surface area contributed by atoms with Gasteiger partial charge in [-0.15, -0.1) is 0 Å². The molecule has 0 aliphatic heterocycles. The van der Waals surface area contributed by atoms with Crippen LogP contribution in [0.1, 0.15) is 43.2 Å². The highest BCUT2D eigenvalue weighted by Gasteiger charge is 2.57. The molecule has 2 saturated carbocycles. The van der Waals surface area contributed by atoms with Crippen LogP contribution in [0.2, 0.25) is 0 Å². The molecule has 1 N–H and O–H groups in total. The van der Waals surface area contributed by atoms with Crippen molar-refractivity contribution in [1.82, 2.24) is 0 Å². The summed E-state index contributed by atoms with van der Waals surface area (Å²) >= 11 is 0. The van der Waals surface area contributed by atoms with E-state index in [0.717, 1.165) is 12.8 Å². The summed E-state index contributed by atoms with van der Waals surface area (Å²) in [7, 11) is 0. The molecule has 0 aromatic heterocycles. The Morgan fingerprint density at radius 3 is 2.95 bits per heavy atom. The van der Waals surface area contributed by atoms with Crippen LogP contribution >= 0.6 is 0 Å². The quantitative estimate of drug-likeness (QED) is 0.784. The summed E-state index contributed by atoms with van der Waals surface area (Å²) in [6.45, 7) is 2.07. The molecule has 1 aromatic carbocycles. The summed E-state index contributed by atoms with van der Waals surface area (Å²) in [4.78, 5) is 12.3. The maximum absolute atomic E-state index is 12.3. The molecule has 0 saturated heterocycles. The molecule has 5 atom stereocenters. The van der Waals surface area contributed by atoms with Gasteiger partial charge in [-0.1, -0.05) is 43.3 Å². The molecule has 2 fully saturated rings.